The first-order valence-electron chi connectivity index (χ1n) is 5.61. The van der Waals surface area contributed by atoms with Gasteiger partial charge in [-0.25, -0.2) is 4.39 Å². The molecule has 1 aliphatic carbocycles. The van der Waals surface area contributed by atoms with Gasteiger partial charge in [-0.15, -0.1) is 0 Å². The van der Waals surface area contributed by atoms with Crippen LogP contribution in [0.1, 0.15) is 39.0 Å². The second-order valence-corrected chi connectivity index (χ2v) is 4.80. The van der Waals surface area contributed by atoms with Gasteiger partial charge in [0, 0.05) is 0 Å². The second-order valence-electron chi connectivity index (χ2n) is 4.80. The lowest BCUT2D eigenvalue weighted by Gasteiger charge is -2.43. The highest BCUT2D eigenvalue weighted by Crippen LogP contribution is 2.45. The minimum Gasteiger partial charge on any atom is -0.317 e. The van der Waals surface area contributed by atoms with Crippen molar-refractivity contribution in [3.8, 4) is 0 Å². The van der Waals surface area contributed by atoms with Crippen LogP contribution in [-0.4, -0.2) is 18.8 Å². The third-order valence-corrected chi connectivity index (χ3v) is 4.04. The fraction of sp³-hybridized carbons (Fsp3) is 1.00. The van der Waals surface area contributed by atoms with Crippen LogP contribution in [0.3, 0.4) is 0 Å². The average Bonchev–Trinajstić information content (AvgIpc) is 2.02. The molecule has 0 amide bonds. The molecule has 1 aliphatic heterocycles. The molecule has 0 radical (unpaired) electrons. The quantitative estimate of drug-likeness (QED) is 0.697. The Bertz CT molecular complexity index is 169. The van der Waals surface area contributed by atoms with Gasteiger partial charge in [0.15, 0.2) is 0 Å². The summed E-state index contributed by atoms with van der Waals surface area (Å²) < 4.78 is 14.4. The smallest absolute Gasteiger partial charge is 0.114 e. The first-order chi connectivity index (χ1) is 6.21. The number of hydrogen-bond donors (Lipinski definition) is 1. The van der Waals surface area contributed by atoms with E-state index in [0.29, 0.717) is 11.8 Å². The van der Waals surface area contributed by atoms with E-state index in [1.165, 1.54) is 6.42 Å². The zero-order valence-corrected chi connectivity index (χ0v) is 8.48. The molecule has 0 aromatic heterocycles. The van der Waals surface area contributed by atoms with Crippen LogP contribution in [0.25, 0.3) is 0 Å². The Kier molecular flexibility index (Phi) is 2.59. The fourth-order valence-electron chi connectivity index (χ4n) is 2.69. The molecule has 2 rings (SSSR count). The Balaban J connectivity index is 1.94. The molecule has 13 heavy (non-hydrogen) atoms. The highest BCUT2D eigenvalue weighted by molar-refractivity contribution is 4.94. The molecule has 0 spiro atoms. The molecule has 76 valence electrons. The first-order valence-corrected chi connectivity index (χ1v) is 5.61. The topological polar surface area (TPSA) is 12.0 Å². The molecule has 2 aliphatic rings. The molecule has 1 unspecified atom stereocenters. The molecule has 0 aromatic carbocycles. The fourth-order valence-corrected chi connectivity index (χ4v) is 2.69. The first kappa shape index (κ1) is 9.45. The van der Waals surface area contributed by atoms with E-state index in [0.717, 1.165) is 38.8 Å². The maximum Gasteiger partial charge on any atom is 0.114 e. The predicted octanol–water partition coefficient (Wildman–Crippen LogP) is 2.51. The number of hydrogen-bond acceptors (Lipinski definition) is 1. The van der Waals surface area contributed by atoms with Gasteiger partial charge >= 0.3 is 0 Å². The van der Waals surface area contributed by atoms with Crippen molar-refractivity contribution in [1.29, 1.82) is 0 Å². The summed E-state index contributed by atoms with van der Waals surface area (Å²) in [6, 6.07) is 0. The van der Waals surface area contributed by atoms with E-state index < -0.39 is 5.67 Å². The van der Waals surface area contributed by atoms with E-state index in [1.54, 1.807) is 0 Å². The molecule has 1 nitrogen and oxygen atoms in total. The van der Waals surface area contributed by atoms with Gasteiger partial charge in [0.25, 0.3) is 0 Å². The van der Waals surface area contributed by atoms with Gasteiger partial charge in [0.2, 0.25) is 0 Å². The van der Waals surface area contributed by atoms with Crippen LogP contribution in [0.15, 0.2) is 0 Å². The highest BCUT2D eigenvalue weighted by atomic mass is 19.1. The van der Waals surface area contributed by atoms with E-state index in [-0.39, 0.29) is 0 Å². The zero-order valence-electron chi connectivity index (χ0n) is 8.48. The average molecular weight is 185 g/mol. The van der Waals surface area contributed by atoms with Crippen molar-refractivity contribution in [3.63, 3.8) is 0 Å². The Morgan fingerprint density at radius 1 is 1.08 bits per heavy atom. The lowest BCUT2D eigenvalue weighted by molar-refractivity contribution is -0.0172. The predicted molar refractivity (Wildman–Crippen MR) is 52.4 cm³/mol. The maximum atomic E-state index is 14.4. The maximum absolute atomic E-state index is 14.4. The minimum absolute atomic E-state index is 0.319. The lowest BCUT2D eigenvalue weighted by atomic mass is 9.67. The summed E-state index contributed by atoms with van der Waals surface area (Å²) in [5.41, 5.74) is -0.875. The molecular weight excluding hydrogens is 165 g/mol. The SMILES string of the molecule is CC(F)(C1CCC1)C1CCNCC1. The molecule has 1 atom stereocenters. The zero-order chi connectivity index (χ0) is 9.31. The van der Waals surface area contributed by atoms with Crippen LogP contribution < -0.4 is 5.32 Å². The van der Waals surface area contributed by atoms with Gasteiger partial charge in [0.05, 0.1) is 0 Å². The van der Waals surface area contributed by atoms with Gasteiger partial charge in [-0.2, -0.15) is 0 Å². The van der Waals surface area contributed by atoms with Gasteiger partial charge in [-0.1, -0.05) is 6.42 Å². The van der Waals surface area contributed by atoms with Crippen molar-refractivity contribution in [2.24, 2.45) is 11.8 Å². The van der Waals surface area contributed by atoms with Crippen molar-refractivity contribution in [3.05, 3.63) is 0 Å². The van der Waals surface area contributed by atoms with Crippen molar-refractivity contribution < 1.29 is 4.39 Å². The summed E-state index contributed by atoms with van der Waals surface area (Å²) in [4.78, 5) is 0. The van der Waals surface area contributed by atoms with Crippen molar-refractivity contribution in [2.75, 3.05) is 13.1 Å². The third kappa shape index (κ3) is 1.74. The Labute approximate surface area is 80.1 Å². The summed E-state index contributed by atoms with van der Waals surface area (Å²) in [6.45, 7) is 3.86. The highest BCUT2D eigenvalue weighted by Gasteiger charge is 2.44. The van der Waals surface area contributed by atoms with Crippen molar-refractivity contribution >= 4 is 0 Å². The van der Waals surface area contributed by atoms with Crippen molar-refractivity contribution in [1.82, 2.24) is 5.32 Å². The molecule has 1 saturated carbocycles. The summed E-state index contributed by atoms with van der Waals surface area (Å²) in [5.74, 6) is 0.689. The Hall–Kier alpha value is -0.110. The van der Waals surface area contributed by atoms with E-state index in [2.05, 4.69) is 5.32 Å². The summed E-state index contributed by atoms with van der Waals surface area (Å²) in [7, 11) is 0. The van der Waals surface area contributed by atoms with Crippen LogP contribution in [0.4, 0.5) is 4.39 Å². The van der Waals surface area contributed by atoms with Gasteiger partial charge in [0.1, 0.15) is 5.67 Å². The normalized spacial score (nSPS) is 30.9. The number of rotatable bonds is 2. The van der Waals surface area contributed by atoms with Crippen LogP contribution >= 0.6 is 0 Å². The summed E-state index contributed by atoms with van der Waals surface area (Å²) >= 11 is 0. The van der Waals surface area contributed by atoms with Gasteiger partial charge in [-0.05, 0) is 57.5 Å². The van der Waals surface area contributed by atoms with Crippen LogP contribution in [0.5, 0.6) is 0 Å². The van der Waals surface area contributed by atoms with Crippen LogP contribution in [0.2, 0.25) is 0 Å². The van der Waals surface area contributed by atoms with Crippen LogP contribution in [-0.2, 0) is 0 Å². The number of alkyl halides is 1. The largest absolute Gasteiger partial charge is 0.317 e. The standard InChI is InChI=1S/C11H20FN/c1-11(12,9-3-2-4-9)10-5-7-13-8-6-10/h9-10,13H,2-8H2,1H3. The Morgan fingerprint density at radius 3 is 2.08 bits per heavy atom. The number of piperidine rings is 1. The third-order valence-electron chi connectivity index (χ3n) is 4.04. The molecule has 2 fully saturated rings. The lowest BCUT2D eigenvalue weighted by Crippen LogP contribution is -2.45. The summed E-state index contributed by atoms with van der Waals surface area (Å²) in [6.07, 6.45) is 5.55. The minimum atomic E-state index is -0.875. The van der Waals surface area contributed by atoms with E-state index in [4.69, 9.17) is 0 Å². The molecule has 2 heteroatoms. The molecule has 1 heterocycles. The van der Waals surface area contributed by atoms with E-state index in [9.17, 15) is 4.39 Å². The van der Waals surface area contributed by atoms with Gasteiger partial charge < -0.3 is 5.32 Å². The van der Waals surface area contributed by atoms with Crippen LogP contribution in [0, 0.1) is 11.8 Å². The van der Waals surface area contributed by atoms with E-state index >= 15 is 0 Å². The molecule has 1 N–H and O–H groups in total. The molecule has 1 saturated heterocycles. The monoisotopic (exact) mass is 185 g/mol. The number of nitrogens with one attached hydrogen (secondary N) is 1. The molecule has 0 aromatic rings. The molecular formula is C11H20FN. The number of halogens is 1. The van der Waals surface area contributed by atoms with Crippen molar-refractivity contribution in [2.45, 2.75) is 44.7 Å². The summed E-state index contributed by atoms with van der Waals surface area (Å²) in [5, 5.41) is 3.30. The van der Waals surface area contributed by atoms with Gasteiger partial charge in [-0.3, -0.25) is 0 Å². The Morgan fingerprint density at radius 2 is 1.62 bits per heavy atom. The molecule has 0 bridgehead atoms. The second kappa shape index (κ2) is 3.56. The van der Waals surface area contributed by atoms with E-state index in [1.807, 2.05) is 6.92 Å².